The van der Waals surface area contributed by atoms with Crippen LogP contribution in [0.5, 0.6) is 0 Å². The van der Waals surface area contributed by atoms with Crippen molar-refractivity contribution in [2.75, 3.05) is 0 Å². The molecular weight excluding hydrogens is 520 g/mol. The zero-order valence-corrected chi connectivity index (χ0v) is 24.9. The normalized spacial score (nSPS) is 14.9. The van der Waals surface area contributed by atoms with Crippen LogP contribution in [-0.2, 0) is 14.9 Å². The summed E-state index contributed by atoms with van der Waals surface area (Å²) in [5, 5.41) is 15.6. The molecule has 214 valence electrons. The first-order valence-corrected chi connectivity index (χ1v) is 14.3. The van der Waals surface area contributed by atoms with Crippen molar-refractivity contribution >= 4 is 24.7 Å². The van der Waals surface area contributed by atoms with Crippen molar-refractivity contribution in [2.24, 2.45) is 5.92 Å². The summed E-state index contributed by atoms with van der Waals surface area (Å²) in [4.78, 5) is 25.4. The number of hydrogen-bond acceptors (Lipinski definition) is 5. The smallest absolute Gasteiger partial charge is 0.407 e. The van der Waals surface area contributed by atoms with Crippen molar-refractivity contribution in [3.05, 3.63) is 108 Å². The highest BCUT2D eigenvalue weighted by molar-refractivity contribution is 7.81. The van der Waals surface area contributed by atoms with Gasteiger partial charge in [0.15, 0.2) is 0 Å². The SMILES string of the molecule is CCC(C)C(NC(S)C(CC(c1ccccc1)(c1ccccc1)c1ccccc1)NC(=O)OC(C)(C)C)C(=O)O. The third kappa shape index (κ3) is 7.89. The van der Waals surface area contributed by atoms with Gasteiger partial charge in [-0.25, -0.2) is 4.79 Å². The first-order valence-electron chi connectivity index (χ1n) is 13.8. The Hall–Kier alpha value is -3.29. The van der Waals surface area contributed by atoms with E-state index in [1.807, 2.05) is 89.2 Å². The van der Waals surface area contributed by atoms with Crippen molar-refractivity contribution in [2.45, 2.75) is 75.9 Å². The average Bonchev–Trinajstić information content (AvgIpc) is 2.93. The number of carboxylic acid groups (broad SMARTS) is 1. The average molecular weight is 563 g/mol. The zero-order chi connectivity index (χ0) is 29.3. The van der Waals surface area contributed by atoms with Gasteiger partial charge in [0.25, 0.3) is 0 Å². The molecule has 3 aromatic rings. The summed E-state index contributed by atoms with van der Waals surface area (Å²) in [5.41, 5.74) is 1.73. The molecule has 3 aromatic carbocycles. The number of alkyl carbamates (subject to hydrolysis) is 1. The van der Waals surface area contributed by atoms with E-state index in [0.29, 0.717) is 12.8 Å². The maximum Gasteiger partial charge on any atom is 0.407 e. The van der Waals surface area contributed by atoms with E-state index in [1.54, 1.807) is 0 Å². The number of thiol groups is 1. The Labute approximate surface area is 244 Å². The van der Waals surface area contributed by atoms with Crippen molar-refractivity contribution in [3.63, 3.8) is 0 Å². The van der Waals surface area contributed by atoms with E-state index in [4.69, 9.17) is 17.4 Å². The lowest BCUT2D eigenvalue weighted by Crippen LogP contribution is -2.56. The summed E-state index contributed by atoms with van der Waals surface area (Å²) in [6.45, 7) is 9.28. The maximum absolute atomic E-state index is 13.2. The number of carbonyl (C=O) groups excluding carboxylic acids is 1. The third-order valence-electron chi connectivity index (χ3n) is 7.24. The predicted molar refractivity (Wildman–Crippen MR) is 164 cm³/mol. The van der Waals surface area contributed by atoms with E-state index in [2.05, 4.69) is 47.0 Å². The van der Waals surface area contributed by atoms with Crippen molar-refractivity contribution in [3.8, 4) is 0 Å². The Morgan fingerprint density at radius 2 is 1.27 bits per heavy atom. The van der Waals surface area contributed by atoms with Crippen LogP contribution in [0, 0.1) is 5.92 Å². The van der Waals surface area contributed by atoms with Gasteiger partial charge in [-0.3, -0.25) is 10.1 Å². The Morgan fingerprint density at radius 3 is 1.62 bits per heavy atom. The quantitative estimate of drug-likeness (QED) is 0.113. The first-order chi connectivity index (χ1) is 19.0. The molecule has 0 saturated carbocycles. The topological polar surface area (TPSA) is 87.7 Å². The molecule has 0 aliphatic carbocycles. The summed E-state index contributed by atoms with van der Waals surface area (Å²) < 4.78 is 5.64. The lowest BCUT2D eigenvalue weighted by Gasteiger charge is -2.41. The van der Waals surface area contributed by atoms with Gasteiger partial charge in [-0.2, -0.15) is 12.6 Å². The molecule has 0 bridgehead atoms. The number of ether oxygens (including phenoxy) is 1. The Kier molecular flexibility index (Phi) is 10.8. The zero-order valence-electron chi connectivity index (χ0n) is 24.0. The van der Waals surface area contributed by atoms with Gasteiger partial charge in [-0.05, 0) is 49.8 Å². The Balaban J connectivity index is 2.18. The second-order valence-electron chi connectivity index (χ2n) is 11.3. The molecule has 1 amide bonds. The second kappa shape index (κ2) is 13.9. The predicted octanol–water partition coefficient (Wildman–Crippen LogP) is 6.65. The molecule has 0 aromatic heterocycles. The monoisotopic (exact) mass is 562 g/mol. The summed E-state index contributed by atoms with van der Waals surface area (Å²) >= 11 is 4.88. The Morgan fingerprint density at radius 1 is 0.850 bits per heavy atom. The maximum atomic E-state index is 13.2. The fourth-order valence-electron chi connectivity index (χ4n) is 5.07. The van der Waals surface area contributed by atoms with E-state index < -0.39 is 40.5 Å². The van der Waals surface area contributed by atoms with Gasteiger partial charge in [0.1, 0.15) is 11.6 Å². The van der Waals surface area contributed by atoms with Gasteiger partial charge in [0.2, 0.25) is 0 Å². The second-order valence-corrected chi connectivity index (χ2v) is 11.8. The van der Waals surface area contributed by atoms with Crippen LogP contribution in [0.25, 0.3) is 0 Å². The van der Waals surface area contributed by atoms with Gasteiger partial charge >= 0.3 is 12.1 Å². The van der Waals surface area contributed by atoms with Gasteiger partial charge in [0.05, 0.1) is 11.4 Å². The molecule has 4 atom stereocenters. The molecule has 0 spiro atoms. The molecule has 6 nitrogen and oxygen atoms in total. The molecular formula is C33H42N2O4S. The van der Waals surface area contributed by atoms with Crippen molar-refractivity contribution in [1.29, 1.82) is 0 Å². The lowest BCUT2D eigenvalue weighted by atomic mass is 9.66. The first kappa shape index (κ1) is 31.2. The van der Waals surface area contributed by atoms with E-state index >= 15 is 0 Å². The van der Waals surface area contributed by atoms with Crippen LogP contribution in [0.1, 0.15) is 64.2 Å². The van der Waals surface area contributed by atoms with E-state index in [0.717, 1.165) is 16.7 Å². The van der Waals surface area contributed by atoms with Crippen LogP contribution >= 0.6 is 12.6 Å². The molecule has 0 radical (unpaired) electrons. The van der Waals surface area contributed by atoms with E-state index in [-0.39, 0.29) is 5.92 Å². The van der Waals surface area contributed by atoms with Crippen molar-refractivity contribution < 1.29 is 19.4 Å². The fourth-order valence-corrected chi connectivity index (χ4v) is 5.41. The van der Waals surface area contributed by atoms with Gasteiger partial charge in [-0.15, -0.1) is 0 Å². The molecule has 7 heteroatoms. The highest BCUT2D eigenvalue weighted by Crippen LogP contribution is 2.43. The van der Waals surface area contributed by atoms with Gasteiger partial charge in [0, 0.05) is 5.41 Å². The molecule has 0 heterocycles. The number of amides is 1. The minimum Gasteiger partial charge on any atom is -0.480 e. The molecule has 0 fully saturated rings. The van der Waals surface area contributed by atoms with Crippen LogP contribution in [-0.4, -0.2) is 40.2 Å². The van der Waals surface area contributed by atoms with Crippen LogP contribution in [0.2, 0.25) is 0 Å². The molecule has 0 saturated heterocycles. The number of rotatable bonds is 12. The molecule has 4 unspecified atom stereocenters. The Bertz CT molecular complexity index is 1120. The lowest BCUT2D eigenvalue weighted by molar-refractivity contribution is -0.141. The summed E-state index contributed by atoms with van der Waals surface area (Å²) in [5.74, 6) is -1.10. The number of nitrogens with one attached hydrogen (secondary N) is 2. The summed E-state index contributed by atoms with van der Waals surface area (Å²) in [6, 6.07) is 29.0. The standard InChI is InChI=1S/C33H42N2O4S/c1-6-23(2)28(30(36)37)35-29(40)27(34-31(38)39-32(3,4)5)22-33(24-16-10-7-11-17-24,25-18-12-8-13-19-25)26-20-14-9-15-21-26/h7-21,23,27-29,35,40H,6,22H2,1-5H3,(H,34,38)(H,36,37). The van der Waals surface area contributed by atoms with E-state index in [1.165, 1.54) is 0 Å². The highest BCUT2D eigenvalue weighted by atomic mass is 32.1. The molecule has 0 aliphatic rings. The molecule has 3 N–H and O–H groups in total. The summed E-state index contributed by atoms with van der Waals surface area (Å²) in [7, 11) is 0. The van der Waals surface area contributed by atoms with Crippen LogP contribution in [0.3, 0.4) is 0 Å². The highest BCUT2D eigenvalue weighted by Gasteiger charge is 2.41. The number of benzene rings is 3. The molecule has 3 rings (SSSR count). The minimum atomic E-state index is -0.954. The summed E-state index contributed by atoms with van der Waals surface area (Å²) in [6.07, 6.45) is 0.478. The number of hydrogen-bond donors (Lipinski definition) is 4. The molecule has 40 heavy (non-hydrogen) atoms. The van der Waals surface area contributed by atoms with Crippen LogP contribution in [0.15, 0.2) is 91.0 Å². The minimum absolute atomic E-state index is 0.142. The molecule has 0 aliphatic heterocycles. The number of carbonyl (C=O) groups is 2. The number of aliphatic carboxylic acids is 1. The van der Waals surface area contributed by atoms with Gasteiger partial charge < -0.3 is 15.2 Å². The van der Waals surface area contributed by atoms with E-state index in [9.17, 15) is 14.7 Å². The van der Waals surface area contributed by atoms with Crippen LogP contribution < -0.4 is 10.6 Å². The third-order valence-corrected chi connectivity index (χ3v) is 7.75. The van der Waals surface area contributed by atoms with Crippen molar-refractivity contribution in [1.82, 2.24) is 10.6 Å². The fraction of sp³-hybridized carbons (Fsp3) is 0.394. The largest absolute Gasteiger partial charge is 0.480 e. The number of carboxylic acids is 1. The van der Waals surface area contributed by atoms with Crippen LogP contribution in [0.4, 0.5) is 4.79 Å². The van der Waals surface area contributed by atoms with Gasteiger partial charge in [-0.1, -0.05) is 111 Å².